The first-order chi connectivity index (χ1) is 14.2. The number of nitriles is 1. The van der Waals surface area contributed by atoms with Crippen molar-refractivity contribution in [2.75, 3.05) is 6.61 Å². The van der Waals surface area contributed by atoms with Crippen molar-refractivity contribution in [2.45, 2.75) is 47.0 Å². The molecule has 0 unspecified atom stereocenters. The monoisotopic (exact) mass is 403 g/mol. The molecule has 0 saturated carbocycles. The quantitative estimate of drug-likeness (QED) is 0.148. The standard InChI is InChI=1S/C26H29NO3/c1-8-10-13-30-26(29)24(17(3)4)25(23(20(7)28)14-18(5)9-2)22-12-11-21(16-27)15-19(22)6/h1,9,11-12,14-15,25,28H,7,10,13H2,2-6H3/b18-9-,23-14+/t25-/m1/s1. The van der Waals surface area contributed by atoms with E-state index in [1.807, 2.05) is 46.8 Å². The summed E-state index contributed by atoms with van der Waals surface area (Å²) in [5.41, 5.74) is 4.67. The van der Waals surface area contributed by atoms with Gasteiger partial charge in [-0.05, 0) is 57.9 Å². The molecule has 1 rings (SSSR count). The second-order valence-electron chi connectivity index (χ2n) is 7.20. The summed E-state index contributed by atoms with van der Waals surface area (Å²) < 4.78 is 5.41. The number of nitrogens with zero attached hydrogens (tertiary/aromatic N) is 1. The van der Waals surface area contributed by atoms with Crippen LogP contribution in [0.4, 0.5) is 0 Å². The fourth-order valence-corrected chi connectivity index (χ4v) is 3.10. The Hall–Kier alpha value is -3.50. The fraction of sp³-hybridized carbons (Fsp3) is 0.308. The highest BCUT2D eigenvalue weighted by Crippen LogP contribution is 2.39. The molecule has 0 fully saturated rings. The first-order valence-electron chi connectivity index (χ1n) is 9.69. The minimum absolute atomic E-state index is 0.109. The van der Waals surface area contributed by atoms with E-state index >= 15 is 0 Å². The van der Waals surface area contributed by atoms with Crippen LogP contribution >= 0.6 is 0 Å². The molecule has 0 bridgehead atoms. The molecule has 0 aliphatic rings. The van der Waals surface area contributed by atoms with Crippen LogP contribution in [-0.4, -0.2) is 17.7 Å². The number of allylic oxidation sites excluding steroid dienone is 5. The van der Waals surface area contributed by atoms with Crippen LogP contribution in [0.15, 0.2) is 65.0 Å². The Morgan fingerprint density at radius 3 is 2.50 bits per heavy atom. The molecule has 4 heteroatoms. The number of aliphatic hydroxyl groups is 1. The molecule has 0 spiro atoms. The highest BCUT2D eigenvalue weighted by molar-refractivity contribution is 5.92. The van der Waals surface area contributed by atoms with Crippen LogP contribution in [-0.2, 0) is 9.53 Å². The molecule has 0 radical (unpaired) electrons. The van der Waals surface area contributed by atoms with E-state index in [0.29, 0.717) is 23.1 Å². The molecule has 0 aromatic heterocycles. The Balaban J connectivity index is 3.80. The van der Waals surface area contributed by atoms with E-state index in [0.717, 1.165) is 22.3 Å². The summed E-state index contributed by atoms with van der Waals surface area (Å²) in [6.07, 6.45) is 9.29. The molecule has 156 valence electrons. The third-order valence-electron chi connectivity index (χ3n) is 4.72. The van der Waals surface area contributed by atoms with Crippen LogP contribution in [0.25, 0.3) is 0 Å². The third-order valence-corrected chi connectivity index (χ3v) is 4.72. The highest BCUT2D eigenvalue weighted by atomic mass is 16.5. The van der Waals surface area contributed by atoms with E-state index in [9.17, 15) is 15.2 Å². The summed E-state index contributed by atoms with van der Waals surface area (Å²) in [4.78, 5) is 13.0. The predicted octanol–water partition coefficient (Wildman–Crippen LogP) is 5.82. The molecule has 1 aromatic rings. The smallest absolute Gasteiger partial charge is 0.334 e. The van der Waals surface area contributed by atoms with Gasteiger partial charge in [-0.2, -0.15) is 5.26 Å². The first kappa shape index (κ1) is 24.5. The van der Waals surface area contributed by atoms with Crippen molar-refractivity contribution in [2.24, 2.45) is 0 Å². The van der Waals surface area contributed by atoms with E-state index in [4.69, 9.17) is 11.2 Å². The average Bonchev–Trinajstić information content (AvgIpc) is 2.69. The molecular formula is C26H29NO3. The normalized spacial score (nSPS) is 12.4. The van der Waals surface area contributed by atoms with E-state index in [1.54, 1.807) is 18.2 Å². The lowest BCUT2D eigenvalue weighted by atomic mass is 9.79. The maximum absolute atomic E-state index is 13.0. The van der Waals surface area contributed by atoms with Crippen LogP contribution in [0.1, 0.15) is 56.7 Å². The minimum atomic E-state index is -0.617. The van der Waals surface area contributed by atoms with Crippen molar-refractivity contribution in [3.05, 3.63) is 81.7 Å². The molecule has 30 heavy (non-hydrogen) atoms. The van der Waals surface area contributed by atoms with Gasteiger partial charge >= 0.3 is 5.97 Å². The average molecular weight is 404 g/mol. The number of hydrogen-bond donors (Lipinski definition) is 1. The molecule has 0 heterocycles. The summed E-state index contributed by atoms with van der Waals surface area (Å²) >= 11 is 0. The van der Waals surface area contributed by atoms with Crippen LogP contribution in [0.5, 0.6) is 0 Å². The molecule has 0 aliphatic carbocycles. The van der Waals surface area contributed by atoms with Crippen molar-refractivity contribution in [1.82, 2.24) is 0 Å². The maximum atomic E-state index is 13.0. The number of rotatable bonds is 8. The van der Waals surface area contributed by atoms with Crippen LogP contribution in [0.3, 0.4) is 0 Å². The Bertz CT molecular complexity index is 990. The number of esters is 1. The molecule has 1 aromatic carbocycles. The zero-order valence-corrected chi connectivity index (χ0v) is 18.4. The van der Waals surface area contributed by atoms with Crippen molar-refractivity contribution in [3.63, 3.8) is 0 Å². The Morgan fingerprint density at radius 1 is 1.37 bits per heavy atom. The number of terminal acetylenes is 1. The summed E-state index contributed by atoms with van der Waals surface area (Å²) in [5, 5.41) is 19.7. The van der Waals surface area contributed by atoms with E-state index < -0.39 is 11.9 Å². The number of carbonyl (C=O) groups is 1. The zero-order valence-electron chi connectivity index (χ0n) is 18.4. The summed E-state index contributed by atoms with van der Waals surface area (Å²) in [6.45, 7) is 13.2. The number of aryl methyl sites for hydroxylation is 1. The SMILES string of the molecule is C#CCCOC(=O)C(=C(C)C)[C@@H](/C(=C/C(C)=C\C)C(=C)O)c1ccc(C#N)cc1C. The van der Waals surface area contributed by atoms with E-state index in [1.165, 1.54) is 0 Å². The van der Waals surface area contributed by atoms with Crippen LogP contribution < -0.4 is 0 Å². The molecule has 1 atom stereocenters. The van der Waals surface area contributed by atoms with Gasteiger partial charge in [0.1, 0.15) is 12.4 Å². The van der Waals surface area contributed by atoms with Crippen molar-refractivity contribution in [3.8, 4) is 18.4 Å². The van der Waals surface area contributed by atoms with Gasteiger partial charge in [-0.3, -0.25) is 0 Å². The number of carbonyl (C=O) groups excluding carboxylic acids is 1. The Morgan fingerprint density at radius 2 is 2.03 bits per heavy atom. The lowest BCUT2D eigenvalue weighted by Gasteiger charge is -2.26. The number of hydrogen-bond acceptors (Lipinski definition) is 4. The van der Waals surface area contributed by atoms with Gasteiger partial charge in [0.15, 0.2) is 0 Å². The lowest BCUT2D eigenvalue weighted by molar-refractivity contribution is -0.139. The van der Waals surface area contributed by atoms with Crippen molar-refractivity contribution < 1.29 is 14.6 Å². The minimum Gasteiger partial charge on any atom is -0.508 e. The van der Waals surface area contributed by atoms with Crippen molar-refractivity contribution >= 4 is 5.97 Å². The number of ether oxygens (including phenoxy) is 1. The van der Waals surface area contributed by atoms with Gasteiger partial charge in [-0.15, -0.1) is 12.3 Å². The summed E-state index contributed by atoms with van der Waals surface area (Å²) in [7, 11) is 0. The van der Waals surface area contributed by atoms with Gasteiger partial charge in [-0.25, -0.2) is 4.79 Å². The highest BCUT2D eigenvalue weighted by Gasteiger charge is 2.31. The van der Waals surface area contributed by atoms with Gasteiger partial charge < -0.3 is 9.84 Å². The lowest BCUT2D eigenvalue weighted by Crippen LogP contribution is -2.20. The molecule has 4 nitrogen and oxygen atoms in total. The Labute approximate surface area is 179 Å². The fourth-order valence-electron chi connectivity index (χ4n) is 3.10. The number of benzene rings is 1. The number of aliphatic hydroxyl groups excluding tert-OH is 1. The molecule has 0 saturated heterocycles. The molecule has 0 amide bonds. The molecule has 1 N–H and O–H groups in total. The second-order valence-corrected chi connectivity index (χ2v) is 7.20. The third kappa shape index (κ3) is 6.26. The topological polar surface area (TPSA) is 70.3 Å². The van der Waals surface area contributed by atoms with Gasteiger partial charge in [0.2, 0.25) is 0 Å². The maximum Gasteiger partial charge on any atom is 0.334 e. The predicted molar refractivity (Wildman–Crippen MR) is 121 cm³/mol. The van der Waals surface area contributed by atoms with E-state index in [2.05, 4.69) is 18.6 Å². The van der Waals surface area contributed by atoms with Crippen molar-refractivity contribution in [1.29, 1.82) is 5.26 Å². The van der Waals surface area contributed by atoms with Gasteiger partial charge in [0.25, 0.3) is 0 Å². The zero-order chi connectivity index (χ0) is 22.8. The van der Waals surface area contributed by atoms with E-state index in [-0.39, 0.29) is 12.4 Å². The molecular weight excluding hydrogens is 374 g/mol. The van der Waals surface area contributed by atoms with Gasteiger partial charge in [0, 0.05) is 23.5 Å². The summed E-state index contributed by atoms with van der Waals surface area (Å²) in [5.74, 6) is 1.20. The largest absolute Gasteiger partial charge is 0.508 e. The van der Waals surface area contributed by atoms with Crippen LogP contribution in [0, 0.1) is 30.6 Å². The van der Waals surface area contributed by atoms with Gasteiger partial charge in [0.05, 0.1) is 11.6 Å². The summed E-state index contributed by atoms with van der Waals surface area (Å²) in [6, 6.07) is 7.38. The van der Waals surface area contributed by atoms with Crippen LogP contribution in [0.2, 0.25) is 0 Å². The second kappa shape index (κ2) is 11.5. The first-order valence-corrected chi connectivity index (χ1v) is 9.69. The van der Waals surface area contributed by atoms with Gasteiger partial charge in [-0.1, -0.05) is 35.9 Å². The molecule has 0 aliphatic heterocycles. The Kier molecular flexibility index (Phi) is 9.40.